The maximum absolute atomic E-state index is 11.9. The molecule has 0 saturated carbocycles. The summed E-state index contributed by atoms with van der Waals surface area (Å²) in [6.07, 6.45) is 0.561. The molecule has 1 amide bonds. The fourth-order valence-electron chi connectivity index (χ4n) is 2.37. The first-order valence-electron chi connectivity index (χ1n) is 8.96. The largest absolute Gasteiger partial charge is 0.465 e. The first-order valence-corrected chi connectivity index (χ1v) is 9.37. The number of nitrogens with one attached hydrogen (secondary N) is 2. The van der Waals surface area contributed by atoms with Crippen molar-refractivity contribution in [2.24, 2.45) is 0 Å². The van der Waals surface area contributed by atoms with Crippen LogP contribution in [0.25, 0.3) is 0 Å². The molecular formula is C21H22N2O5S. The molecule has 0 fully saturated rings. The van der Waals surface area contributed by atoms with E-state index in [1.807, 2.05) is 30.3 Å². The molecule has 0 aliphatic rings. The second-order valence-corrected chi connectivity index (χ2v) is 6.44. The highest BCUT2D eigenvalue weighted by molar-refractivity contribution is 7.80. The lowest BCUT2D eigenvalue weighted by Gasteiger charge is -2.10. The van der Waals surface area contributed by atoms with Crippen molar-refractivity contribution in [1.29, 1.82) is 0 Å². The summed E-state index contributed by atoms with van der Waals surface area (Å²) in [6.45, 7) is 0.270. The van der Waals surface area contributed by atoms with Crippen LogP contribution in [0.3, 0.4) is 0 Å². The Kier molecular flexibility index (Phi) is 8.78. The smallest absolute Gasteiger partial charge is 0.337 e. The zero-order valence-electron chi connectivity index (χ0n) is 16.0. The molecule has 0 radical (unpaired) electrons. The topological polar surface area (TPSA) is 93.7 Å². The Morgan fingerprint density at radius 3 is 2.31 bits per heavy atom. The van der Waals surface area contributed by atoms with E-state index < -0.39 is 17.8 Å². The number of carbonyl (C=O) groups excluding carboxylic acids is 3. The van der Waals surface area contributed by atoms with Crippen LogP contribution in [-0.4, -0.2) is 36.7 Å². The van der Waals surface area contributed by atoms with Crippen LogP contribution >= 0.6 is 12.2 Å². The van der Waals surface area contributed by atoms with Gasteiger partial charge in [0, 0.05) is 18.5 Å². The average molecular weight is 414 g/mol. The van der Waals surface area contributed by atoms with Crippen LogP contribution in [0.4, 0.5) is 5.69 Å². The zero-order valence-corrected chi connectivity index (χ0v) is 16.8. The molecule has 2 N–H and O–H groups in total. The molecule has 152 valence electrons. The van der Waals surface area contributed by atoms with Crippen molar-refractivity contribution in [2.45, 2.75) is 19.3 Å². The van der Waals surface area contributed by atoms with Crippen LogP contribution in [0.2, 0.25) is 0 Å². The Morgan fingerprint density at radius 2 is 1.66 bits per heavy atom. The Labute approximate surface area is 174 Å². The second kappa shape index (κ2) is 11.6. The molecule has 0 heterocycles. The van der Waals surface area contributed by atoms with Crippen molar-refractivity contribution in [2.75, 3.05) is 19.0 Å². The molecule has 0 aliphatic heterocycles. The fraction of sp³-hybridized carbons (Fsp3) is 0.238. The van der Waals surface area contributed by atoms with Crippen molar-refractivity contribution >= 4 is 40.9 Å². The molecule has 0 spiro atoms. The number of anilines is 1. The van der Waals surface area contributed by atoms with Gasteiger partial charge in [0.05, 0.1) is 25.7 Å². The molecule has 29 heavy (non-hydrogen) atoms. The Bertz CT molecular complexity index is 853. The summed E-state index contributed by atoms with van der Waals surface area (Å²) in [6, 6.07) is 16.1. The van der Waals surface area contributed by atoms with Gasteiger partial charge in [-0.3, -0.25) is 9.59 Å². The van der Waals surface area contributed by atoms with E-state index in [0.717, 1.165) is 5.56 Å². The van der Waals surface area contributed by atoms with Gasteiger partial charge in [-0.25, -0.2) is 4.79 Å². The van der Waals surface area contributed by atoms with Gasteiger partial charge in [0.1, 0.15) is 0 Å². The summed E-state index contributed by atoms with van der Waals surface area (Å²) < 4.78 is 9.75. The molecule has 8 heteroatoms. The van der Waals surface area contributed by atoms with Gasteiger partial charge in [-0.05, 0) is 42.0 Å². The highest BCUT2D eigenvalue weighted by Gasteiger charge is 2.10. The van der Waals surface area contributed by atoms with Crippen molar-refractivity contribution in [3.63, 3.8) is 0 Å². The maximum Gasteiger partial charge on any atom is 0.337 e. The highest BCUT2D eigenvalue weighted by atomic mass is 32.1. The number of hydrogen-bond donors (Lipinski definition) is 2. The number of ether oxygens (including phenoxy) is 2. The van der Waals surface area contributed by atoms with E-state index in [9.17, 15) is 14.4 Å². The molecule has 0 unspecified atom stereocenters. The molecule has 0 aromatic heterocycles. The molecule has 2 aromatic carbocycles. The van der Waals surface area contributed by atoms with Gasteiger partial charge in [0.25, 0.3) is 0 Å². The normalized spacial score (nSPS) is 9.97. The summed E-state index contributed by atoms with van der Waals surface area (Å²) in [7, 11) is 1.30. The quantitative estimate of drug-likeness (QED) is 0.507. The zero-order chi connectivity index (χ0) is 21.1. The van der Waals surface area contributed by atoms with E-state index in [0.29, 0.717) is 17.7 Å². The number of methoxy groups -OCH3 is 1. The van der Waals surface area contributed by atoms with E-state index in [1.165, 1.54) is 7.11 Å². The Morgan fingerprint density at radius 1 is 0.966 bits per heavy atom. The first kappa shape index (κ1) is 22.0. The average Bonchev–Trinajstić information content (AvgIpc) is 2.73. The van der Waals surface area contributed by atoms with Crippen molar-refractivity contribution in [3.05, 3.63) is 65.7 Å². The highest BCUT2D eigenvalue weighted by Crippen LogP contribution is 2.10. The minimum atomic E-state index is -0.442. The minimum Gasteiger partial charge on any atom is -0.465 e. The lowest BCUT2D eigenvalue weighted by Crippen LogP contribution is -2.34. The van der Waals surface area contributed by atoms with Gasteiger partial charge >= 0.3 is 11.9 Å². The molecule has 0 atom stereocenters. The van der Waals surface area contributed by atoms with Crippen molar-refractivity contribution in [1.82, 2.24) is 5.32 Å². The molecule has 0 saturated heterocycles. The van der Waals surface area contributed by atoms with E-state index in [2.05, 4.69) is 15.4 Å². The summed E-state index contributed by atoms with van der Waals surface area (Å²) in [5.41, 5.74) is 2.08. The number of thiocarbonyl (C=S) groups is 1. The van der Waals surface area contributed by atoms with Crippen LogP contribution in [0.1, 0.15) is 28.8 Å². The molecule has 2 aromatic rings. The third-order valence-electron chi connectivity index (χ3n) is 3.87. The lowest BCUT2D eigenvalue weighted by atomic mass is 10.2. The predicted octanol–water partition coefficient (Wildman–Crippen LogP) is 2.85. The van der Waals surface area contributed by atoms with Crippen LogP contribution < -0.4 is 10.6 Å². The predicted molar refractivity (Wildman–Crippen MR) is 112 cm³/mol. The summed E-state index contributed by atoms with van der Waals surface area (Å²) >= 11 is 5.07. The number of rotatable bonds is 8. The van der Waals surface area contributed by atoms with Gasteiger partial charge in [-0.15, -0.1) is 0 Å². The minimum absolute atomic E-state index is 0.0307. The molecule has 7 nitrogen and oxygen atoms in total. The van der Waals surface area contributed by atoms with Crippen molar-refractivity contribution < 1.29 is 23.9 Å². The number of esters is 2. The van der Waals surface area contributed by atoms with Crippen molar-refractivity contribution in [3.8, 4) is 0 Å². The van der Waals surface area contributed by atoms with Gasteiger partial charge in [0.2, 0.25) is 5.91 Å². The fourth-order valence-corrected chi connectivity index (χ4v) is 2.61. The molecule has 0 bridgehead atoms. The Hall–Kier alpha value is -3.26. The maximum atomic E-state index is 11.9. The summed E-state index contributed by atoms with van der Waals surface area (Å²) in [5.74, 6) is -1.27. The van der Waals surface area contributed by atoms with E-state index in [-0.39, 0.29) is 24.6 Å². The van der Waals surface area contributed by atoms with E-state index >= 15 is 0 Å². The van der Waals surface area contributed by atoms with E-state index in [1.54, 1.807) is 24.3 Å². The van der Waals surface area contributed by atoms with Crippen LogP contribution in [0.5, 0.6) is 0 Å². The van der Waals surface area contributed by atoms with Crippen LogP contribution in [0, 0.1) is 0 Å². The van der Waals surface area contributed by atoms with E-state index in [4.69, 9.17) is 17.0 Å². The van der Waals surface area contributed by atoms with Crippen LogP contribution in [-0.2, 0) is 25.5 Å². The number of carbonyl (C=O) groups is 3. The number of amides is 1. The molecule has 2 rings (SSSR count). The first-order chi connectivity index (χ1) is 14.0. The monoisotopic (exact) mass is 414 g/mol. The van der Waals surface area contributed by atoms with Gasteiger partial charge in [-0.2, -0.15) is 0 Å². The van der Waals surface area contributed by atoms with Gasteiger partial charge in [0.15, 0.2) is 5.11 Å². The summed E-state index contributed by atoms with van der Waals surface area (Å²) in [4.78, 5) is 35.1. The number of hydrogen-bond acceptors (Lipinski definition) is 6. The Balaban J connectivity index is 1.65. The third-order valence-corrected chi connectivity index (χ3v) is 4.07. The summed E-state index contributed by atoms with van der Waals surface area (Å²) in [5, 5.41) is 5.42. The van der Waals surface area contributed by atoms with Gasteiger partial charge < -0.3 is 20.1 Å². The molecular weight excluding hydrogens is 392 g/mol. The lowest BCUT2D eigenvalue weighted by molar-refractivity contribution is -0.144. The standard InChI is InChI=1S/C21H22N2O5S/c1-27-20(26)16-7-9-17(10-8-16)22-21(29)23-18(24)11-12-19(25)28-14-13-15-5-3-2-4-6-15/h2-10H,11-14H2,1H3,(H2,22,23,24,29). The SMILES string of the molecule is COC(=O)c1ccc(NC(=S)NC(=O)CCC(=O)OCCc2ccccc2)cc1. The van der Waals surface area contributed by atoms with Crippen LogP contribution in [0.15, 0.2) is 54.6 Å². The van der Waals surface area contributed by atoms with Gasteiger partial charge in [-0.1, -0.05) is 30.3 Å². The number of benzene rings is 2. The third kappa shape index (κ3) is 8.10. The second-order valence-electron chi connectivity index (χ2n) is 6.03. The molecule has 0 aliphatic carbocycles.